The van der Waals surface area contributed by atoms with Gasteiger partial charge in [0.25, 0.3) is 11.8 Å². The van der Waals surface area contributed by atoms with E-state index in [1.54, 1.807) is 18.2 Å². The van der Waals surface area contributed by atoms with E-state index in [0.29, 0.717) is 18.9 Å². The molecule has 0 saturated carbocycles. The van der Waals surface area contributed by atoms with Gasteiger partial charge in [-0.3, -0.25) is 15.0 Å². The third-order valence-electron chi connectivity index (χ3n) is 4.67. The summed E-state index contributed by atoms with van der Waals surface area (Å²) in [5.74, 6) is 0.758. The molecule has 6 nitrogen and oxygen atoms in total. The van der Waals surface area contributed by atoms with Crippen LogP contribution in [-0.4, -0.2) is 25.0 Å². The van der Waals surface area contributed by atoms with E-state index in [1.807, 2.05) is 72.8 Å². The topological polar surface area (TPSA) is 67.9 Å². The van der Waals surface area contributed by atoms with Gasteiger partial charge in [-0.25, -0.2) is 5.01 Å². The molecule has 1 aliphatic heterocycles. The second-order valence-corrected chi connectivity index (χ2v) is 6.91. The highest BCUT2D eigenvalue weighted by atomic mass is 16.5. The Kier molecular flexibility index (Phi) is 6.28. The molecule has 1 saturated heterocycles. The molecule has 0 radical (unpaired) electrons. The average molecular weight is 414 g/mol. The van der Waals surface area contributed by atoms with Crippen LogP contribution in [0.15, 0.2) is 90.5 Å². The van der Waals surface area contributed by atoms with E-state index in [9.17, 15) is 9.59 Å². The van der Waals surface area contributed by atoms with Gasteiger partial charge >= 0.3 is 0 Å². The maximum absolute atomic E-state index is 12.6. The van der Waals surface area contributed by atoms with Gasteiger partial charge in [0.2, 0.25) is 0 Å². The molecule has 1 fully saturated rings. The maximum atomic E-state index is 12.6. The Morgan fingerprint density at radius 2 is 1.32 bits per heavy atom. The molecule has 31 heavy (non-hydrogen) atoms. The first kappa shape index (κ1) is 20.2. The number of nitrogens with zero attached hydrogens (tertiary/aromatic N) is 1. The maximum Gasteiger partial charge on any atom is 0.282 e. The van der Waals surface area contributed by atoms with E-state index < -0.39 is 5.91 Å². The summed E-state index contributed by atoms with van der Waals surface area (Å²) in [5, 5.41) is 1.25. The molecule has 0 aliphatic carbocycles. The molecular weight excluding hydrogens is 392 g/mol. The predicted molar refractivity (Wildman–Crippen MR) is 119 cm³/mol. The number of benzene rings is 3. The van der Waals surface area contributed by atoms with Crippen molar-refractivity contribution < 1.29 is 19.1 Å². The Labute approximate surface area is 180 Å². The molecule has 0 atom stereocenters. The minimum absolute atomic E-state index is 0.0931. The lowest BCUT2D eigenvalue weighted by molar-refractivity contribution is -0.117. The van der Waals surface area contributed by atoms with Gasteiger partial charge in [0.05, 0.1) is 18.9 Å². The van der Waals surface area contributed by atoms with Crippen LogP contribution in [0.3, 0.4) is 0 Å². The molecule has 2 amide bonds. The molecule has 0 bridgehead atoms. The Balaban J connectivity index is 1.30. The fourth-order valence-corrected chi connectivity index (χ4v) is 3.10. The lowest BCUT2D eigenvalue weighted by Crippen LogP contribution is -2.35. The third kappa shape index (κ3) is 5.11. The smallest absolute Gasteiger partial charge is 0.282 e. The molecule has 3 aromatic rings. The van der Waals surface area contributed by atoms with Crippen LogP contribution >= 0.6 is 0 Å². The summed E-state index contributed by atoms with van der Waals surface area (Å²) in [4.78, 5) is 24.9. The number of hydrogen-bond donors (Lipinski definition) is 1. The zero-order valence-electron chi connectivity index (χ0n) is 16.9. The standard InChI is InChI=1S/C25H22N2O4/c28-24-23(25(29)27(26-24)20-8-3-1-4-9-20)18-19-12-14-22(15-13-19)31-17-7-16-30-21-10-5-2-6-11-21/h1-6,8-15,18H,7,16-17H2,(H,26,28)/b23-18+. The minimum atomic E-state index is -0.424. The SMILES string of the molecule is O=C1NN(c2ccccc2)C(=O)/C1=C/c1ccc(OCCCOc2ccccc2)cc1. The van der Waals surface area contributed by atoms with Gasteiger partial charge in [0, 0.05) is 6.42 Å². The van der Waals surface area contributed by atoms with Gasteiger partial charge in [-0.15, -0.1) is 0 Å². The van der Waals surface area contributed by atoms with E-state index >= 15 is 0 Å². The van der Waals surface area contributed by atoms with Crippen molar-refractivity contribution >= 4 is 23.6 Å². The summed E-state index contributed by atoms with van der Waals surface area (Å²) in [6.07, 6.45) is 2.34. The van der Waals surface area contributed by atoms with Crippen molar-refractivity contribution in [2.75, 3.05) is 18.2 Å². The predicted octanol–water partition coefficient (Wildman–Crippen LogP) is 4.00. The number of rotatable bonds is 8. The van der Waals surface area contributed by atoms with E-state index in [2.05, 4.69) is 5.43 Å². The number of carbonyl (C=O) groups is 2. The van der Waals surface area contributed by atoms with Gasteiger partial charge < -0.3 is 9.47 Å². The van der Waals surface area contributed by atoms with Gasteiger partial charge in [-0.1, -0.05) is 48.5 Å². The number of hydrogen-bond acceptors (Lipinski definition) is 4. The number of hydrazine groups is 1. The normalized spacial score (nSPS) is 14.6. The van der Waals surface area contributed by atoms with Crippen molar-refractivity contribution in [2.24, 2.45) is 0 Å². The number of amides is 2. The Hall–Kier alpha value is -4.06. The highest BCUT2D eigenvalue weighted by Gasteiger charge is 2.34. The number of ether oxygens (including phenoxy) is 2. The van der Waals surface area contributed by atoms with Gasteiger partial charge in [0.15, 0.2) is 0 Å². The largest absolute Gasteiger partial charge is 0.493 e. The minimum Gasteiger partial charge on any atom is -0.493 e. The Morgan fingerprint density at radius 1 is 0.742 bits per heavy atom. The molecule has 4 rings (SSSR count). The molecular formula is C25H22N2O4. The molecule has 1 aliphatic rings. The van der Waals surface area contributed by atoms with Crippen LogP contribution in [0.4, 0.5) is 5.69 Å². The van der Waals surface area contributed by atoms with Crippen molar-refractivity contribution in [3.8, 4) is 11.5 Å². The molecule has 1 N–H and O–H groups in total. The second-order valence-electron chi connectivity index (χ2n) is 6.91. The van der Waals surface area contributed by atoms with Crippen molar-refractivity contribution in [1.29, 1.82) is 0 Å². The first-order valence-corrected chi connectivity index (χ1v) is 10.0. The van der Waals surface area contributed by atoms with Crippen LogP contribution in [0.25, 0.3) is 6.08 Å². The number of para-hydroxylation sites is 2. The van der Waals surface area contributed by atoms with Crippen LogP contribution in [0.2, 0.25) is 0 Å². The summed E-state index contributed by atoms with van der Waals surface area (Å²) in [5.41, 5.74) is 4.05. The first-order chi connectivity index (χ1) is 15.2. The van der Waals surface area contributed by atoms with Crippen LogP contribution < -0.4 is 19.9 Å². The molecule has 3 aromatic carbocycles. The summed E-state index contributed by atoms with van der Waals surface area (Å²) < 4.78 is 11.4. The monoisotopic (exact) mass is 414 g/mol. The van der Waals surface area contributed by atoms with Crippen LogP contribution in [0.5, 0.6) is 11.5 Å². The van der Waals surface area contributed by atoms with Crippen molar-refractivity contribution in [3.05, 3.63) is 96.1 Å². The zero-order chi connectivity index (χ0) is 21.5. The van der Waals surface area contributed by atoms with Gasteiger partial charge in [0.1, 0.15) is 17.1 Å². The van der Waals surface area contributed by atoms with E-state index in [4.69, 9.17) is 9.47 Å². The van der Waals surface area contributed by atoms with Gasteiger partial charge in [-0.2, -0.15) is 0 Å². The number of carbonyl (C=O) groups excluding carboxylic acids is 2. The lowest BCUT2D eigenvalue weighted by atomic mass is 10.1. The summed E-state index contributed by atoms with van der Waals surface area (Å²) >= 11 is 0. The third-order valence-corrected chi connectivity index (χ3v) is 4.67. The van der Waals surface area contributed by atoms with Gasteiger partial charge in [-0.05, 0) is 48.0 Å². The Morgan fingerprint density at radius 3 is 1.97 bits per heavy atom. The van der Waals surface area contributed by atoms with Crippen molar-refractivity contribution in [1.82, 2.24) is 5.43 Å². The van der Waals surface area contributed by atoms with E-state index in [0.717, 1.165) is 23.5 Å². The van der Waals surface area contributed by atoms with E-state index in [1.165, 1.54) is 5.01 Å². The highest BCUT2D eigenvalue weighted by molar-refractivity contribution is 6.31. The second kappa shape index (κ2) is 9.63. The van der Waals surface area contributed by atoms with Crippen LogP contribution in [0.1, 0.15) is 12.0 Å². The van der Waals surface area contributed by atoms with E-state index in [-0.39, 0.29) is 11.5 Å². The zero-order valence-corrected chi connectivity index (χ0v) is 16.9. The highest BCUT2D eigenvalue weighted by Crippen LogP contribution is 2.22. The summed E-state index contributed by atoms with van der Waals surface area (Å²) in [7, 11) is 0. The molecule has 0 aromatic heterocycles. The fourth-order valence-electron chi connectivity index (χ4n) is 3.10. The molecule has 0 spiro atoms. The Bertz CT molecular complexity index is 1060. The average Bonchev–Trinajstić information content (AvgIpc) is 3.09. The number of nitrogens with one attached hydrogen (secondary N) is 1. The number of anilines is 1. The van der Waals surface area contributed by atoms with Crippen molar-refractivity contribution in [2.45, 2.75) is 6.42 Å². The summed E-state index contributed by atoms with van der Waals surface area (Å²) in [6.45, 7) is 1.10. The summed E-state index contributed by atoms with van der Waals surface area (Å²) in [6, 6.07) is 25.9. The molecule has 6 heteroatoms. The van der Waals surface area contributed by atoms with Crippen molar-refractivity contribution in [3.63, 3.8) is 0 Å². The molecule has 1 heterocycles. The molecule has 156 valence electrons. The lowest BCUT2D eigenvalue weighted by Gasteiger charge is -2.13. The van der Waals surface area contributed by atoms with Crippen LogP contribution in [0, 0.1) is 0 Å². The first-order valence-electron chi connectivity index (χ1n) is 10.0. The quantitative estimate of drug-likeness (QED) is 0.344. The fraction of sp³-hybridized carbons (Fsp3) is 0.120. The van der Waals surface area contributed by atoms with Crippen LogP contribution in [-0.2, 0) is 9.59 Å². The molecule has 0 unspecified atom stereocenters.